The van der Waals surface area contributed by atoms with Crippen LogP contribution in [0.4, 0.5) is 0 Å². The van der Waals surface area contributed by atoms with Gasteiger partial charge in [-0.15, -0.1) is 0 Å². The Morgan fingerprint density at radius 1 is 0.595 bits per heavy atom. The molecule has 0 radical (unpaired) electrons. The number of rotatable bonds is 30. The van der Waals surface area contributed by atoms with Crippen molar-refractivity contribution < 1.29 is 28.0 Å². The normalized spacial score (nSPS) is 14.4. The zero-order valence-electron chi connectivity index (χ0n) is 27.8. The van der Waals surface area contributed by atoms with Crippen molar-refractivity contribution in [2.45, 2.75) is 194 Å². The number of carbonyl (C=O) groups excluding carboxylic acids is 1. The van der Waals surface area contributed by atoms with E-state index in [1.165, 1.54) is 83.5 Å². The molecule has 0 aliphatic carbocycles. The zero-order chi connectivity index (χ0) is 31.6. The van der Waals surface area contributed by atoms with Gasteiger partial charge in [-0.3, -0.25) is 4.79 Å². The van der Waals surface area contributed by atoms with Gasteiger partial charge in [0.05, 0.1) is 40.5 Å². The topological polar surface area (TPSA) is 127 Å². The highest BCUT2D eigenvalue weighted by atomic mass is 32.2. The second-order valence-electron chi connectivity index (χ2n) is 13.6. The summed E-state index contributed by atoms with van der Waals surface area (Å²) >= 11 is 0. The minimum absolute atomic E-state index is 0.157. The van der Waals surface area contributed by atoms with Crippen molar-refractivity contribution in [1.29, 1.82) is 0 Å². The van der Waals surface area contributed by atoms with Crippen LogP contribution in [0.2, 0.25) is 0 Å². The van der Waals surface area contributed by atoms with Gasteiger partial charge >= 0.3 is 0 Å². The lowest BCUT2D eigenvalue weighted by Crippen LogP contribution is -2.48. The van der Waals surface area contributed by atoms with Gasteiger partial charge in [-0.1, -0.05) is 156 Å². The Morgan fingerprint density at radius 2 is 0.929 bits per heavy atom. The molecule has 0 aromatic heterocycles. The number of aliphatic hydroxyl groups excluding tert-OH is 2. The molecule has 0 unspecified atom stereocenters. The van der Waals surface area contributed by atoms with Gasteiger partial charge in [0, 0.05) is 0 Å². The lowest BCUT2D eigenvalue weighted by Gasteiger charge is -2.26. The Balaban J connectivity index is 4.08. The molecule has 0 fully saturated rings. The van der Waals surface area contributed by atoms with E-state index in [2.05, 4.69) is 33.0 Å². The van der Waals surface area contributed by atoms with E-state index in [1.54, 1.807) is 0 Å². The summed E-state index contributed by atoms with van der Waals surface area (Å²) in [5.41, 5.74) is 0. The molecule has 1 amide bonds. The molecule has 0 aromatic rings. The third-order valence-electron chi connectivity index (χ3n) is 8.22. The Hall–Kier alpha value is -0.700. The fraction of sp³-hybridized carbons (Fsp3) is 0.971. The molecule has 3 atom stereocenters. The molecule has 7 nitrogen and oxygen atoms in total. The van der Waals surface area contributed by atoms with E-state index in [0.29, 0.717) is 19.3 Å². The first-order valence-electron chi connectivity index (χ1n) is 17.5. The van der Waals surface area contributed by atoms with Crippen LogP contribution in [-0.4, -0.2) is 53.1 Å². The zero-order valence-corrected chi connectivity index (χ0v) is 28.6. The van der Waals surface area contributed by atoms with Crippen LogP contribution in [0.3, 0.4) is 0 Å². The quantitative estimate of drug-likeness (QED) is 0.0553. The van der Waals surface area contributed by atoms with Crippen molar-refractivity contribution in [2.75, 3.05) is 5.75 Å². The number of carbonyl (C=O) groups is 1. The molecule has 0 aliphatic rings. The van der Waals surface area contributed by atoms with Crippen molar-refractivity contribution in [3.05, 3.63) is 0 Å². The highest BCUT2D eigenvalue weighted by Gasteiger charge is 2.24. The van der Waals surface area contributed by atoms with Crippen molar-refractivity contribution in [2.24, 2.45) is 11.8 Å². The van der Waals surface area contributed by atoms with Crippen LogP contribution in [0.1, 0.15) is 175 Å². The highest BCUT2D eigenvalue weighted by molar-refractivity contribution is 7.85. The molecule has 0 aliphatic heterocycles. The number of hydrogen-bond donors (Lipinski definition) is 3. The second-order valence-corrected chi connectivity index (χ2v) is 15.1. The van der Waals surface area contributed by atoms with Gasteiger partial charge in [-0.25, -0.2) is 8.42 Å². The summed E-state index contributed by atoms with van der Waals surface area (Å²) in [7, 11) is -4.62. The fourth-order valence-electron chi connectivity index (χ4n) is 5.57. The van der Waals surface area contributed by atoms with Crippen LogP contribution in [0.25, 0.3) is 0 Å². The SMILES string of the molecule is CC(C)CCCCCCCCCCC[C@@H](O)CC(=O)N[C@@H](CS(=O)(=O)[O-])[C@H](O)CCCCCCCCCCCC(C)C. The van der Waals surface area contributed by atoms with Gasteiger partial charge in [0.15, 0.2) is 0 Å². The Morgan fingerprint density at radius 3 is 1.29 bits per heavy atom. The summed E-state index contributed by atoms with van der Waals surface area (Å²) in [6.45, 7) is 9.07. The molecule has 0 rings (SSSR count). The average molecular weight is 619 g/mol. The van der Waals surface area contributed by atoms with E-state index in [1.807, 2.05) is 0 Å². The van der Waals surface area contributed by atoms with Gasteiger partial charge in [0.2, 0.25) is 5.91 Å². The van der Waals surface area contributed by atoms with Crippen molar-refractivity contribution >= 4 is 16.0 Å². The van der Waals surface area contributed by atoms with Crippen LogP contribution >= 0.6 is 0 Å². The summed E-state index contributed by atoms with van der Waals surface area (Å²) in [5.74, 6) is 0.204. The molecule has 8 heteroatoms. The van der Waals surface area contributed by atoms with Gasteiger partial charge in [0.1, 0.15) is 0 Å². The number of aliphatic hydroxyl groups is 2. The molecule has 0 bridgehead atoms. The van der Waals surface area contributed by atoms with E-state index in [4.69, 9.17) is 0 Å². The van der Waals surface area contributed by atoms with Crippen LogP contribution in [0, 0.1) is 11.8 Å². The first kappa shape index (κ1) is 41.3. The first-order valence-corrected chi connectivity index (χ1v) is 19.1. The lowest BCUT2D eigenvalue weighted by atomic mass is 10.0. The van der Waals surface area contributed by atoms with Gasteiger partial charge in [-0.2, -0.15) is 0 Å². The van der Waals surface area contributed by atoms with E-state index in [-0.39, 0.29) is 6.42 Å². The van der Waals surface area contributed by atoms with Crippen molar-refractivity contribution in [3.8, 4) is 0 Å². The largest absolute Gasteiger partial charge is 0.748 e. The second kappa shape index (κ2) is 26.7. The van der Waals surface area contributed by atoms with Crippen molar-refractivity contribution in [3.63, 3.8) is 0 Å². The van der Waals surface area contributed by atoms with Crippen LogP contribution in [0.5, 0.6) is 0 Å². The van der Waals surface area contributed by atoms with Crippen LogP contribution < -0.4 is 5.32 Å². The smallest absolute Gasteiger partial charge is 0.222 e. The van der Waals surface area contributed by atoms with Gasteiger partial charge < -0.3 is 20.1 Å². The van der Waals surface area contributed by atoms with E-state index in [0.717, 1.165) is 50.4 Å². The Labute approximate surface area is 260 Å². The van der Waals surface area contributed by atoms with Gasteiger partial charge in [0.25, 0.3) is 0 Å². The van der Waals surface area contributed by atoms with Gasteiger partial charge in [-0.05, 0) is 24.7 Å². The summed E-state index contributed by atoms with van der Waals surface area (Å²) in [6, 6.07) is -1.15. The van der Waals surface area contributed by atoms with E-state index < -0.39 is 40.0 Å². The summed E-state index contributed by atoms with van der Waals surface area (Å²) in [4.78, 5) is 12.5. The summed E-state index contributed by atoms with van der Waals surface area (Å²) in [5, 5.41) is 23.4. The summed E-state index contributed by atoms with van der Waals surface area (Å²) < 4.78 is 34.2. The predicted molar refractivity (Wildman–Crippen MR) is 174 cm³/mol. The number of hydrogen-bond acceptors (Lipinski definition) is 6. The molecule has 252 valence electrons. The average Bonchev–Trinajstić information content (AvgIpc) is 2.88. The van der Waals surface area contributed by atoms with Crippen LogP contribution in [-0.2, 0) is 14.9 Å². The molecule has 0 spiro atoms. The molecule has 42 heavy (non-hydrogen) atoms. The van der Waals surface area contributed by atoms with E-state index in [9.17, 15) is 28.0 Å². The predicted octanol–water partition coefficient (Wildman–Crippen LogP) is 8.02. The first-order chi connectivity index (χ1) is 19.9. The summed E-state index contributed by atoms with van der Waals surface area (Å²) in [6.07, 6.45) is 22.2. The lowest BCUT2D eigenvalue weighted by molar-refractivity contribution is -0.124. The third-order valence-corrected chi connectivity index (χ3v) is 8.98. The Bertz CT molecular complexity index is 728. The standard InChI is InChI=1S/C34H69NO6S/c1-29(2)23-19-15-11-7-5-9-13-17-21-25-31(36)27-34(38)35-32(28-42(39,40)41)33(37)26-22-18-14-10-6-8-12-16-20-24-30(3)4/h29-33,36-37H,5-28H2,1-4H3,(H,35,38)(H,39,40,41)/p-1/t31-,32+,33-/m1/s1. The number of nitrogens with one attached hydrogen (secondary N) is 1. The minimum Gasteiger partial charge on any atom is -0.748 e. The molecule has 0 aromatic carbocycles. The third kappa shape index (κ3) is 29.4. The molecule has 3 N–H and O–H groups in total. The Kier molecular flexibility index (Phi) is 26.2. The number of amides is 1. The maximum atomic E-state index is 12.5. The highest BCUT2D eigenvalue weighted by Crippen LogP contribution is 2.16. The minimum atomic E-state index is -4.62. The molecular formula is C34H68NO6S-. The molecular weight excluding hydrogens is 550 g/mol. The van der Waals surface area contributed by atoms with Crippen molar-refractivity contribution in [1.82, 2.24) is 5.32 Å². The molecule has 0 heterocycles. The van der Waals surface area contributed by atoms with Crippen LogP contribution in [0.15, 0.2) is 0 Å². The fourth-order valence-corrected chi connectivity index (χ4v) is 6.31. The maximum absolute atomic E-state index is 12.5. The maximum Gasteiger partial charge on any atom is 0.222 e. The van der Waals surface area contributed by atoms with E-state index >= 15 is 0 Å². The molecule has 0 saturated carbocycles. The molecule has 0 saturated heterocycles. The number of unbranched alkanes of at least 4 members (excludes halogenated alkanes) is 16. The monoisotopic (exact) mass is 618 g/mol.